The minimum Gasteiger partial charge on any atom is -0.365 e. The molecule has 7 nitrogen and oxygen atoms in total. The van der Waals surface area contributed by atoms with E-state index in [1.807, 2.05) is 0 Å². The molecule has 0 fully saturated rings. The highest BCUT2D eigenvalue weighted by atomic mass is 16.5. The van der Waals surface area contributed by atoms with Gasteiger partial charge in [-0.25, -0.2) is 0 Å². The molecule has 3 N–H and O–H groups in total. The van der Waals surface area contributed by atoms with Gasteiger partial charge in [-0.1, -0.05) is 22.3 Å². The molecule has 0 unspecified atom stereocenters. The lowest BCUT2D eigenvalue weighted by Gasteiger charge is -2.13. The van der Waals surface area contributed by atoms with Gasteiger partial charge in [0.25, 0.3) is 11.8 Å². The Kier molecular flexibility index (Phi) is 14.4. The van der Waals surface area contributed by atoms with Crippen LogP contribution in [0.15, 0.2) is 12.2 Å². The van der Waals surface area contributed by atoms with Crippen molar-refractivity contribution in [3.8, 4) is 0 Å². The fourth-order valence-corrected chi connectivity index (χ4v) is 1.30. The quantitative estimate of drug-likeness (QED) is 0.397. The monoisotopic (exact) mass is 289 g/mol. The van der Waals surface area contributed by atoms with Crippen LogP contribution in [0.3, 0.4) is 0 Å². The van der Waals surface area contributed by atoms with Crippen molar-refractivity contribution in [2.24, 2.45) is 5.73 Å². The Labute approximate surface area is 121 Å². The molecule has 0 aliphatic carbocycles. The molecule has 0 radical (unpaired) electrons. The second kappa shape index (κ2) is 12.3. The molecule has 20 heavy (non-hydrogen) atoms. The summed E-state index contributed by atoms with van der Waals surface area (Å²) >= 11 is 0. The van der Waals surface area contributed by atoms with Crippen molar-refractivity contribution in [1.29, 1.82) is 0 Å². The molecule has 1 aliphatic heterocycles. The average Bonchev–Trinajstić information content (AvgIpc) is 2.62. The number of nitrogens with two attached hydrogens (primary N) is 1. The van der Waals surface area contributed by atoms with Gasteiger partial charge in [-0.05, 0) is 0 Å². The number of carbonyl (C=O) groups is 3. The van der Waals surface area contributed by atoms with Crippen LogP contribution in [0.1, 0.15) is 28.7 Å². The average molecular weight is 289 g/mol. The Morgan fingerprint density at radius 3 is 2.25 bits per heavy atom. The molecule has 0 saturated heterocycles. The van der Waals surface area contributed by atoms with Gasteiger partial charge in [-0.15, -0.1) is 0 Å². The minimum absolute atomic E-state index is 0. The van der Waals surface area contributed by atoms with Gasteiger partial charge in [0, 0.05) is 31.7 Å². The molecule has 0 aromatic heterocycles. The lowest BCUT2D eigenvalue weighted by molar-refractivity contribution is -0.137. The molecule has 0 atom stereocenters. The summed E-state index contributed by atoms with van der Waals surface area (Å²) in [6.07, 6.45) is 2.46. The van der Waals surface area contributed by atoms with Gasteiger partial charge in [0.1, 0.15) is 0 Å². The predicted molar refractivity (Wildman–Crippen MR) is 78.7 cm³/mol. The first kappa shape index (κ1) is 23.4. The zero-order chi connectivity index (χ0) is 12.7. The number of nitrogens with zero attached hydrogens (tertiary/aromatic N) is 1. The van der Waals surface area contributed by atoms with Crippen LogP contribution in [-0.4, -0.2) is 49.0 Å². The van der Waals surface area contributed by atoms with Crippen LogP contribution in [0.2, 0.25) is 0 Å². The van der Waals surface area contributed by atoms with E-state index in [9.17, 15) is 14.4 Å². The number of ether oxygens (including phenoxy) is 1. The molecule has 118 valence electrons. The maximum atomic E-state index is 11.3. The Bertz CT molecular complexity index is 325. The van der Waals surface area contributed by atoms with Gasteiger partial charge in [0.2, 0.25) is 5.91 Å². The zero-order valence-corrected chi connectivity index (χ0v) is 9.35. The maximum absolute atomic E-state index is 11.3. The number of hydrogen-bond acceptors (Lipinski definition) is 5. The van der Waals surface area contributed by atoms with Crippen LogP contribution in [0.4, 0.5) is 0 Å². The van der Waals surface area contributed by atoms with Crippen molar-refractivity contribution in [3.63, 3.8) is 0 Å². The van der Waals surface area contributed by atoms with Gasteiger partial charge in [0.05, 0.1) is 13.3 Å². The van der Waals surface area contributed by atoms with E-state index >= 15 is 0 Å². The number of rotatable bonds is 7. The van der Waals surface area contributed by atoms with E-state index in [0.717, 1.165) is 4.90 Å². The van der Waals surface area contributed by atoms with Crippen molar-refractivity contribution in [2.75, 3.05) is 26.4 Å². The van der Waals surface area contributed by atoms with Crippen molar-refractivity contribution in [3.05, 3.63) is 12.2 Å². The number of carbonyl (C=O) groups excluding carboxylic acids is 3. The zero-order valence-electron chi connectivity index (χ0n) is 9.35. The first-order chi connectivity index (χ1) is 8.15. The topological polar surface area (TPSA) is 102 Å². The Balaban J connectivity index is -0.000000963. The minimum atomic E-state index is -0.380. The summed E-state index contributed by atoms with van der Waals surface area (Å²) in [5.41, 5.74) is 5.09. The second-order valence-corrected chi connectivity index (χ2v) is 3.34. The molecular formula is C13H27N3O4. The van der Waals surface area contributed by atoms with E-state index in [2.05, 4.69) is 5.32 Å². The summed E-state index contributed by atoms with van der Waals surface area (Å²) in [4.78, 5) is 34.6. The SMILES string of the molecule is C.C.C.NCOCCNC(=O)CCN1C(=O)C=CC1=O. The van der Waals surface area contributed by atoms with Crippen molar-refractivity contribution >= 4 is 17.7 Å². The van der Waals surface area contributed by atoms with E-state index in [1.165, 1.54) is 12.2 Å². The van der Waals surface area contributed by atoms with Gasteiger partial charge in [-0.3, -0.25) is 19.3 Å². The molecule has 0 bridgehead atoms. The molecule has 0 aromatic carbocycles. The van der Waals surface area contributed by atoms with Gasteiger partial charge < -0.3 is 15.8 Å². The van der Waals surface area contributed by atoms with Crippen LogP contribution in [0.25, 0.3) is 0 Å². The normalized spacial score (nSPS) is 12.3. The summed E-state index contributed by atoms with van der Waals surface area (Å²) in [7, 11) is 0. The standard InChI is InChI=1S/C10H15N3O4.3CH4/c11-7-17-6-4-12-8(14)3-5-13-9(15)1-2-10(13)16;;;/h1-2H,3-7,11H2,(H,12,14);3*1H4. The molecule has 0 spiro atoms. The Morgan fingerprint density at radius 1 is 1.20 bits per heavy atom. The van der Waals surface area contributed by atoms with E-state index in [4.69, 9.17) is 10.5 Å². The van der Waals surface area contributed by atoms with Gasteiger partial charge in [-0.2, -0.15) is 0 Å². The second-order valence-electron chi connectivity index (χ2n) is 3.34. The number of imide groups is 1. The van der Waals surface area contributed by atoms with Crippen LogP contribution >= 0.6 is 0 Å². The van der Waals surface area contributed by atoms with Gasteiger partial charge in [0.15, 0.2) is 0 Å². The Morgan fingerprint density at radius 2 is 1.75 bits per heavy atom. The molecule has 0 saturated carbocycles. The van der Waals surface area contributed by atoms with E-state index in [-0.39, 0.29) is 59.7 Å². The lowest BCUT2D eigenvalue weighted by Crippen LogP contribution is -2.35. The lowest BCUT2D eigenvalue weighted by atomic mass is 10.3. The maximum Gasteiger partial charge on any atom is 0.253 e. The van der Waals surface area contributed by atoms with Crippen molar-refractivity contribution in [1.82, 2.24) is 10.2 Å². The molecule has 3 amide bonds. The van der Waals surface area contributed by atoms with Crippen LogP contribution in [-0.2, 0) is 19.1 Å². The summed E-state index contributed by atoms with van der Waals surface area (Å²) in [6, 6.07) is 0. The predicted octanol–water partition coefficient (Wildman–Crippen LogP) is 0.259. The largest absolute Gasteiger partial charge is 0.365 e. The molecule has 0 aromatic rings. The van der Waals surface area contributed by atoms with Crippen molar-refractivity contribution in [2.45, 2.75) is 28.7 Å². The molecule has 1 heterocycles. The summed E-state index contributed by atoms with van der Waals surface area (Å²) in [5.74, 6) is -0.998. The fraction of sp³-hybridized carbons (Fsp3) is 0.615. The third kappa shape index (κ3) is 7.65. The smallest absolute Gasteiger partial charge is 0.253 e. The molecule has 7 heteroatoms. The molecular weight excluding hydrogens is 262 g/mol. The highest BCUT2D eigenvalue weighted by Crippen LogP contribution is 2.03. The first-order valence-electron chi connectivity index (χ1n) is 5.23. The summed E-state index contributed by atoms with van der Waals surface area (Å²) < 4.78 is 4.83. The number of hydrogen-bond donors (Lipinski definition) is 2. The fourth-order valence-electron chi connectivity index (χ4n) is 1.30. The third-order valence-corrected chi connectivity index (χ3v) is 2.15. The van der Waals surface area contributed by atoms with Crippen LogP contribution in [0, 0.1) is 0 Å². The van der Waals surface area contributed by atoms with Crippen molar-refractivity contribution < 1.29 is 19.1 Å². The summed E-state index contributed by atoms with van der Waals surface area (Å²) in [5, 5.41) is 2.58. The highest BCUT2D eigenvalue weighted by molar-refractivity contribution is 6.13. The van der Waals surface area contributed by atoms with E-state index in [0.29, 0.717) is 13.2 Å². The highest BCUT2D eigenvalue weighted by Gasteiger charge is 2.23. The third-order valence-electron chi connectivity index (χ3n) is 2.15. The Hall–Kier alpha value is -1.73. The van der Waals surface area contributed by atoms with E-state index in [1.54, 1.807) is 0 Å². The number of nitrogens with one attached hydrogen (secondary N) is 1. The van der Waals surface area contributed by atoms with E-state index < -0.39 is 0 Å². The molecule has 1 rings (SSSR count). The summed E-state index contributed by atoms with van der Waals surface area (Å²) in [6.45, 7) is 0.897. The van der Waals surface area contributed by atoms with Crippen LogP contribution < -0.4 is 11.1 Å². The molecule has 1 aliphatic rings. The number of amides is 3. The van der Waals surface area contributed by atoms with Crippen LogP contribution in [0.5, 0.6) is 0 Å². The first-order valence-corrected chi connectivity index (χ1v) is 5.23. The van der Waals surface area contributed by atoms with Gasteiger partial charge >= 0.3 is 0 Å².